The van der Waals surface area contributed by atoms with E-state index in [0.717, 1.165) is 26.6 Å². The van der Waals surface area contributed by atoms with Gasteiger partial charge in [-0.1, -0.05) is 35.9 Å². The third-order valence-electron chi connectivity index (χ3n) is 3.98. The number of carbonyl (C=O) groups is 1. The molecule has 0 spiro atoms. The number of nitrogens with one attached hydrogen (secondary N) is 1. The van der Waals surface area contributed by atoms with Crippen LogP contribution in [0.5, 0.6) is 0 Å². The summed E-state index contributed by atoms with van der Waals surface area (Å²) in [7, 11) is -3.58. The molecule has 0 aliphatic heterocycles. The molecule has 0 saturated heterocycles. The van der Waals surface area contributed by atoms with Gasteiger partial charge in [0.2, 0.25) is 15.9 Å². The Kier molecular flexibility index (Phi) is 6.72. The van der Waals surface area contributed by atoms with E-state index in [4.69, 9.17) is 0 Å². The van der Waals surface area contributed by atoms with Crippen LogP contribution in [0.2, 0.25) is 0 Å². The molecule has 7 heteroatoms. The SMILES string of the molecule is CSc1cccc(N(CC(=O)NC(C)c2ccc(C)cc2)S(C)(=O)=O)c1. The van der Waals surface area contributed by atoms with E-state index in [-0.39, 0.29) is 18.5 Å². The summed E-state index contributed by atoms with van der Waals surface area (Å²) in [5.41, 5.74) is 2.60. The third kappa shape index (κ3) is 5.51. The van der Waals surface area contributed by atoms with Crippen LogP contribution in [0.4, 0.5) is 5.69 Å². The first-order valence-electron chi connectivity index (χ1n) is 8.18. The topological polar surface area (TPSA) is 66.5 Å². The molecular formula is C19H24N2O3S2. The van der Waals surface area contributed by atoms with Crippen molar-refractivity contribution in [1.29, 1.82) is 0 Å². The van der Waals surface area contributed by atoms with E-state index in [9.17, 15) is 13.2 Å². The number of amides is 1. The van der Waals surface area contributed by atoms with Gasteiger partial charge in [0, 0.05) is 4.90 Å². The van der Waals surface area contributed by atoms with Gasteiger partial charge < -0.3 is 5.32 Å². The van der Waals surface area contributed by atoms with Crippen molar-refractivity contribution in [1.82, 2.24) is 5.32 Å². The Labute approximate surface area is 159 Å². The van der Waals surface area contributed by atoms with Crippen LogP contribution in [0.25, 0.3) is 0 Å². The smallest absolute Gasteiger partial charge is 0.241 e. The second kappa shape index (κ2) is 8.60. The number of sulfonamides is 1. The number of benzene rings is 2. The summed E-state index contributed by atoms with van der Waals surface area (Å²) in [6.45, 7) is 3.62. The molecule has 0 heterocycles. The lowest BCUT2D eigenvalue weighted by molar-refractivity contribution is -0.120. The molecule has 0 aromatic heterocycles. The zero-order valence-electron chi connectivity index (χ0n) is 15.4. The van der Waals surface area contributed by atoms with E-state index in [1.54, 1.807) is 18.2 Å². The summed E-state index contributed by atoms with van der Waals surface area (Å²) in [4.78, 5) is 13.4. The van der Waals surface area contributed by atoms with Crippen LogP contribution in [0, 0.1) is 6.92 Å². The Balaban J connectivity index is 2.15. The van der Waals surface area contributed by atoms with Crippen LogP contribution in [-0.4, -0.2) is 33.4 Å². The molecule has 1 atom stereocenters. The molecule has 26 heavy (non-hydrogen) atoms. The normalized spacial score (nSPS) is 12.5. The fourth-order valence-corrected chi connectivity index (χ4v) is 3.82. The maximum atomic E-state index is 12.5. The average Bonchev–Trinajstić information content (AvgIpc) is 2.59. The van der Waals surface area contributed by atoms with Gasteiger partial charge in [-0.2, -0.15) is 0 Å². The first-order chi connectivity index (χ1) is 12.2. The summed E-state index contributed by atoms with van der Waals surface area (Å²) in [6.07, 6.45) is 3.02. The molecule has 1 amide bonds. The fraction of sp³-hybridized carbons (Fsp3) is 0.316. The minimum absolute atomic E-state index is 0.206. The van der Waals surface area contributed by atoms with E-state index >= 15 is 0 Å². The number of thioether (sulfide) groups is 1. The molecule has 5 nitrogen and oxygen atoms in total. The third-order valence-corrected chi connectivity index (χ3v) is 5.85. The molecular weight excluding hydrogens is 368 g/mol. The highest BCUT2D eigenvalue weighted by Gasteiger charge is 2.22. The van der Waals surface area contributed by atoms with Gasteiger partial charge in [-0.25, -0.2) is 8.42 Å². The fourth-order valence-electron chi connectivity index (χ4n) is 2.52. The quantitative estimate of drug-likeness (QED) is 0.734. The first kappa shape index (κ1) is 20.3. The average molecular weight is 393 g/mol. The Morgan fingerprint density at radius 3 is 2.42 bits per heavy atom. The van der Waals surface area contributed by atoms with Crippen molar-refractivity contribution in [2.45, 2.75) is 24.8 Å². The van der Waals surface area contributed by atoms with Gasteiger partial charge in [-0.3, -0.25) is 9.10 Å². The van der Waals surface area contributed by atoms with E-state index in [2.05, 4.69) is 5.32 Å². The largest absolute Gasteiger partial charge is 0.348 e. The number of hydrogen-bond acceptors (Lipinski definition) is 4. The number of hydrogen-bond donors (Lipinski definition) is 1. The van der Waals surface area contributed by atoms with Gasteiger partial charge in [0.1, 0.15) is 6.54 Å². The molecule has 1 unspecified atom stereocenters. The molecule has 0 saturated carbocycles. The van der Waals surface area contributed by atoms with Crippen molar-refractivity contribution in [3.05, 3.63) is 59.7 Å². The number of aryl methyl sites for hydroxylation is 1. The number of rotatable bonds is 7. The standard InChI is InChI=1S/C19H24N2O3S2/c1-14-8-10-16(11-9-14)15(2)20-19(22)13-21(26(4,23)24)17-6-5-7-18(12-17)25-3/h5-12,15H,13H2,1-4H3,(H,20,22). The van der Waals surface area contributed by atoms with E-state index in [1.807, 2.05) is 50.4 Å². The van der Waals surface area contributed by atoms with Crippen LogP contribution in [0.15, 0.2) is 53.4 Å². The maximum Gasteiger partial charge on any atom is 0.241 e. The highest BCUT2D eigenvalue weighted by molar-refractivity contribution is 7.98. The zero-order chi connectivity index (χ0) is 19.3. The maximum absolute atomic E-state index is 12.5. The van der Waals surface area contributed by atoms with E-state index in [0.29, 0.717) is 5.69 Å². The molecule has 1 N–H and O–H groups in total. The minimum Gasteiger partial charge on any atom is -0.348 e. The van der Waals surface area contributed by atoms with Gasteiger partial charge in [0.25, 0.3) is 0 Å². The predicted molar refractivity (Wildman–Crippen MR) is 108 cm³/mol. The van der Waals surface area contributed by atoms with Crippen LogP contribution in [-0.2, 0) is 14.8 Å². The summed E-state index contributed by atoms with van der Waals surface area (Å²) < 4.78 is 25.5. The number of anilines is 1. The van der Waals surface area contributed by atoms with Crippen molar-refractivity contribution in [2.75, 3.05) is 23.4 Å². The van der Waals surface area contributed by atoms with Crippen molar-refractivity contribution < 1.29 is 13.2 Å². The molecule has 2 rings (SSSR count). The molecule has 2 aromatic carbocycles. The Bertz CT molecular complexity index is 865. The van der Waals surface area contributed by atoms with Crippen molar-refractivity contribution in [3.8, 4) is 0 Å². The predicted octanol–water partition coefficient (Wildman–Crippen LogP) is 3.36. The highest BCUT2D eigenvalue weighted by atomic mass is 32.2. The Morgan fingerprint density at radius 2 is 1.85 bits per heavy atom. The number of nitrogens with zero attached hydrogens (tertiary/aromatic N) is 1. The Hall–Kier alpha value is -1.99. The summed E-state index contributed by atoms with van der Waals surface area (Å²) in [5.74, 6) is -0.349. The lowest BCUT2D eigenvalue weighted by Crippen LogP contribution is -2.41. The van der Waals surface area contributed by atoms with Gasteiger partial charge >= 0.3 is 0 Å². The molecule has 0 radical (unpaired) electrons. The summed E-state index contributed by atoms with van der Waals surface area (Å²) >= 11 is 1.52. The van der Waals surface area contributed by atoms with Crippen LogP contribution < -0.4 is 9.62 Å². The minimum atomic E-state index is -3.58. The highest BCUT2D eigenvalue weighted by Crippen LogP contribution is 2.24. The van der Waals surface area contributed by atoms with Crippen LogP contribution in [0.3, 0.4) is 0 Å². The second-order valence-electron chi connectivity index (χ2n) is 6.17. The molecule has 0 bridgehead atoms. The van der Waals surface area contributed by atoms with Crippen molar-refractivity contribution in [3.63, 3.8) is 0 Å². The number of carbonyl (C=O) groups excluding carboxylic acids is 1. The van der Waals surface area contributed by atoms with E-state index in [1.165, 1.54) is 11.8 Å². The van der Waals surface area contributed by atoms with Crippen molar-refractivity contribution >= 4 is 33.4 Å². The second-order valence-corrected chi connectivity index (χ2v) is 8.96. The summed E-state index contributed by atoms with van der Waals surface area (Å²) in [6, 6.07) is 14.8. The molecule has 0 aliphatic rings. The molecule has 2 aromatic rings. The molecule has 140 valence electrons. The van der Waals surface area contributed by atoms with Gasteiger partial charge in [0.05, 0.1) is 18.0 Å². The lowest BCUT2D eigenvalue weighted by atomic mass is 10.1. The van der Waals surface area contributed by atoms with Gasteiger partial charge in [-0.15, -0.1) is 11.8 Å². The molecule has 0 aliphatic carbocycles. The van der Waals surface area contributed by atoms with Crippen molar-refractivity contribution in [2.24, 2.45) is 0 Å². The zero-order valence-corrected chi connectivity index (χ0v) is 17.0. The lowest BCUT2D eigenvalue weighted by Gasteiger charge is -2.23. The first-order valence-corrected chi connectivity index (χ1v) is 11.3. The van der Waals surface area contributed by atoms with Gasteiger partial charge in [-0.05, 0) is 43.9 Å². The monoisotopic (exact) mass is 392 g/mol. The van der Waals surface area contributed by atoms with E-state index < -0.39 is 10.0 Å². The van der Waals surface area contributed by atoms with Crippen LogP contribution >= 0.6 is 11.8 Å². The van der Waals surface area contributed by atoms with Gasteiger partial charge in [0.15, 0.2) is 0 Å². The Morgan fingerprint density at radius 1 is 1.19 bits per heavy atom. The summed E-state index contributed by atoms with van der Waals surface area (Å²) in [5, 5.41) is 2.87. The van der Waals surface area contributed by atoms with Crippen LogP contribution in [0.1, 0.15) is 24.1 Å². The molecule has 0 fully saturated rings.